The highest BCUT2D eigenvalue weighted by molar-refractivity contribution is 5.78. The van der Waals surface area contributed by atoms with Crippen LogP contribution in [0.1, 0.15) is 33.1 Å². The number of nitrogens with one attached hydrogen (secondary N) is 1. The van der Waals surface area contributed by atoms with Gasteiger partial charge in [0, 0.05) is 25.0 Å². The van der Waals surface area contributed by atoms with E-state index in [1.165, 1.54) is 0 Å². The molecule has 2 atom stereocenters. The van der Waals surface area contributed by atoms with Crippen molar-refractivity contribution in [3.63, 3.8) is 0 Å². The zero-order valence-corrected chi connectivity index (χ0v) is 11.1. The molecule has 1 amide bonds. The largest absolute Gasteiger partial charge is 0.355 e. The van der Waals surface area contributed by atoms with E-state index in [0.717, 1.165) is 32.4 Å². The summed E-state index contributed by atoms with van der Waals surface area (Å²) in [5.74, 6) is 0.257. The molecule has 3 N–H and O–H groups in total. The summed E-state index contributed by atoms with van der Waals surface area (Å²) in [5.41, 5.74) is 5.66. The standard InChI is InChI=1S/C12H27N3O/c1-10(6-5-7-11(2)13)12(16)14-8-9-15(3)4/h10-11H,5-9,13H2,1-4H3,(H,14,16). The minimum atomic E-state index is 0.0981. The number of carbonyl (C=O) groups excluding carboxylic acids is 1. The van der Waals surface area contributed by atoms with Crippen LogP contribution in [0.5, 0.6) is 0 Å². The molecule has 0 aromatic rings. The summed E-state index contributed by atoms with van der Waals surface area (Å²) in [6, 6.07) is 0.240. The van der Waals surface area contributed by atoms with E-state index in [0.29, 0.717) is 0 Å². The first-order valence-corrected chi connectivity index (χ1v) is 6.11. The summed E-state index contributed by atoms with van der Waals surface area (Å²) < 4.78 is 0. The number of carbonyl (C=O) groups is 1. The van der Waals surface area contributed by atoms with Crippen molar-refractivity contribution in [2.45, 2.75) is 39.2 Å². The fraction of sp³-hybridized carbons (Fsp3) is 0.917. The van der Waals surface area contributed by atoms with Crippen LogP contribution in [-0.4, -0.2) is 44.0 Å². The maximum atomic E-state index is 11.6. The van der Waals surface area contributed by atoms with E-state index in [1.54, 1.807) is 0 Å². The molecule has 0 aromatic carbocycles. The molecule has 16 heavy (non-hydrogen) atoms. The number of nitrogens with two attached hydrogens (primary N) is 1. The first-order chi connectivity index (χ1) is 7.43. The van der Waals surface area contributed by atoms with E-state index in [9.17, 15) is 4.79 Å². The van der Waals surface area contributed by atoms with Crippen LogP contribution < -0.4 is 11.1 Å². The van der Waals surface area contributed by atoms with Crippen molar-refractivity contribution in [1.29, 1.82) is 0 Å². The first-order valence-electron chi connectivity index (χ1n) is 6.11. The van der Waals surface area contributed by atoms with Crippen LogP contribution in [0.3, 0.4) is 0 Å². The van der Waals surface area contributed by atoms with Gasteiger partial charge in [-0.3, -0.25) is 4.79 Å². The molecule has 0 rings (SSSR count). The Morgan fingerprint density at radius 1 is 1.31 bits per heavy atom. The minimum absolute atomic E-state index is 0.0981. The second-order valence-corrected chi connectivity index (χ2v) is 4.90. The molecule has 0 spiro atoms. The van der Waals surface area contributed by atoms with Crippen molar-refractivity contribution in [2.24, 2.45) is 11.7 Å². The number of nitrogens with zero attached hydrogens (tertiary/aromatic N) is 1. The maximum Gasteiger partial charge on any atom is 0.222 e. The highest BCUT2D eigenvalue weighted by Crippen LogP contribution is 2.08. The summed E-state index contributed by atoms with van der Waals surface area (Å²) in [6.07, 6.45) is 2.95. The highest BCUT2D eigenvalue weighted by atomic mass is 16.1. The van der Waals surface area contributed by atoms with Gasteiger partial charge >= 0.3 is 0 Å². The second kappa shape index (κ2) is 8.53. The van der Waals surface area contributed by atoms with Crippen LogP contribution in [0, 0.1) is 5.92 Å². The van der Waals surface area contributed by atoms with E-state index < -0.39 is 0 Å². The molecule has 96 valence electrons. The van der Waals surface area contributed by atoms with E-state index >= 15 is 0 Å². The minimum Gasteiger partial charge on any atom is -0.355 e. The van der Waals surface area contributed by atoms with Gasteiger partial charge < -0.3 is 16.0 Å². The quantitative estimate of drug-likeness (QED) is 0.648. The predicted octanol–water partition coefficient (Wildman–Crippen LogP) is 0.818. The Morgan fingerprint density at radius 2 is 1.94 bits per heavy atom. The van der Waals surface area contributed by atoms with Gasteiger partial charge in [0.1, 0.15) is 0 Å². The number of amides is 1. The van der Waals surface area contributed by atoms with Gasteiger partial charge in [0.25, 0.3) is 0 Å². The predicted molar refractivity (Wildman–Crippen MR) is 68.2 cm³/mol. The van der Waals surface area contributed by atoms with E-state index in [4.69, 9.17) is 5.73 Å². The molecule has 0 bridgehead atoms. The molecule has 0 aliphatic rings. The van der Waals surface area contributed by atoms with Crippen LogP contribution in [0.2, 0.25) is 0 Å². The van der Waals surface area contributed by atoms with E-state index in [2.05, 4.69) is 10.2 Å². The normalized spacial score (nSPS) is 14.9. The summed E-state index contributed by atoms with van der Waals surface area (Å²) in [7, 11) is 4.00. The number of rotatable bonds is 8. The smallest absolute Gasteiger partial charge is 0.222 e. The van der Waals surface area contributed by atoms with Gasteiger partial charge in [0.05, 0.1) is 0 Å². The van der Waals surface area contributed by atoms with Crippen molar-refractivity contribution in [3.8, 4) is 0 Å². The lowest BCUT2D eigenvalue weighted by molar-refractivity contribution is -0.124. The topological polar surface area (TPSA) is 58.4 Å². The SMILES string of the molecule is CC(N)CCCC(C)C(=O)NCCN(C)C. The average molecular weight is 229 g/mol. The Kier molecular flexibility index (Phi) is 8.21. The lowest BCUT2D eigenvalue weighted by Gasteiger charge is -2.14. The van der Waals surface area contributed by atoms with Crippen molar-refractivity contribution in [2.75, 3.05) is 27.2 Å². The van der Waals surface area contributed by atoms with Crippen LogP contribution in [0.15, 0.2) is 0 Å². The van der Waals surface area contributed by atoms with Crippen LogP contribution >= 0.6 is 0 Å². The Hall–Kier alpha value is -0.610. The third-order valence-electron chi connectivity index (χ3n) is 2.60. The fourth-order valence-electron chi connectivity index (χ4n) is 1.45. The van der Waals surface area contributed by atoms with Gasteiger partial charge in [-0.2, -0.15) is 0 Å². The average Bonchev–Trinajstić information content (AvgIpc) is 2.16. The van der Waals surface area contributed by atoms with Crippen LogP contribution in [-0.2, 0) is 4.79 Å². The molecule has 0 aliphatic heterocycles. The molecule has 4 heteroatoms. The van der Waals surface area contributed by atoms with Crippen LogP contribution in [0.25, 0.3) is 0 Å². The maximum absolute atomic E-state index is 11.6. The van der Waals surface area contributed by atoms with Gasteiger partial charge in [-0.15, -0.1) is 0 Å². The molecular formula is C12H27N3O. The molecule has 0 radical (unpaired) electrons. The molecule has 0 saturated carbocycles. The zero-order valence-electron chi connectivity index (χ0n) is 11.1. The van der Waals surface area contributed by atoms with Crippen LogP contribution in [0.4, 0.5) is 0 Å². The summed E-state index contributed by atoms with van der Waals surface area (Å²) in [5, 5.41) is 2.94. The third-order valence-corrected chi connectivity index (χ3v) is 2.60. The molecule has 2 unspecified atom stereocenters. The Morgan fingerprint density at radius 3 is 2.44 bits per heavy atom. The fourth-order valence-corrected chi connectivity index (χ4v) is 1.45. The van der Waals surface area contributed by atoms with Gasteiger partial charge in [-0.1, -0.05) is 13.3 Å². The van der Waals surface area contributed by atoms with Crippen molar-refractivity contribution in [1.82, 2.24) is 10.2 Å². The van der Waals surface area contributed by atoms with Gasteiger partial charge in [-0.05, 0) is 33.9 Å². The van der Waals surface area contributed by atoms with Crippen molar-refractivity contribution in [3.05, 3.63) is 0 Å². The van der Waals surface area contributed by atoms with Crippen molar-refractivity contribution < 1.29 is 4.79 Å². The lowest BCUT2D eigenvalue weighted by atomic mass is 10.0. The molecule has 0 fully saturated rings. The monoisotopic (exact) mass is 229 g/mol. The molecular weight excluding hydrogens is 202 g/mol. The Bertz CT molecular complexity index is 193. The van der Waals surface area contributed by atoms with Gasteiger partial charge in [0.2, 0.25) is 5.91 Å². The lowest BCUT2D eigenvalue weighted by Crippen LogP contribution is -2.34. The number of hydrogen-bond donors (Lipinski definition) is 2. The zero-order chi connectivity index (χ0) is 12.6. The highest BCUT2D eigenvalue weighted by Gasteiger charge is 2.11. The molecule has 0 heterocycles. The molecule has 0 aliphatic carbocycles. The first kappa shape index (κ1) is 15.4. The molecule has 0 aromatic heterocycles. The summed E-state index contributed by atoms with van der Waals surface area (Å²) >= 11 is 0. The van der Waals surface area contributed by atoms with Crippen molar-refractivity contribution >= 4 is 5.91 Å². The molecule has 0 saturated heterocycles. The van der Waals surface area contributed by atoms with E-state index in [1.807, 2.05) is 27.9 Å². The van der Waals surface area contributed by atoms with E-state index in [-0.39, 0.29) is 17.9 Å². The molecule has 4 nitrogen and oxygen atoms in total. The second-order valence-electron chi connectivity index (χ2n) is 4.90. The Labute approximate surface area is 99.6 Å². The number of likely N-dealkylation sites (N-methyl/N-ethyl adjacent to an activating group) is 1. The summed E-state index contributed by atoms with van der Waals surface area (Å²) in [6.45, 7) is 5.59. The number of hydrogen-bond acceptors (Lipinski definition) is 3. The van der Waals surface area contributed by atoms with Gasteiger partial charge in [-0.25, -0.2) is 0 Å². The van der Waals surface area contributed by atoms with Gasteiger partial charge in [0.15, 0.2) is 0 Å². The Balaban J connectivity index is 3.57. The summed E-state index contributed by atoms with van der Waals surface area (Å²) in [4.78, 5) is 13.7. The third kappa shape index (κ3) is 8.68.